The molecule has 124 valence electrons. The molecule has 0 bridgehead atoms. The predicted octanol–water partition coefficient (Wildman–Crippen LogP) is 4.57. The van der Waals surface area contributed by atoms with Crippen molar-refractivity contribution in [1.82, 2.24) is 9.97 Å². The van der Waals surface area contributed by atoms with Gasteiger partial charge in [0, 0.05) is 11.8 Å². The number of nitriles is 1. The number of aryl methyl sites for hydroxylation is 1. The molecule has 0 aliphatic rings. The Morgan fingerprint density at radius 1 is 1.00 bits per heavy atom. The second-order valence-electron chi connectivity index (χ2n) is 5.78. The van der Waals surface area contributed by atoms with Crippen molar-refractivity contribution in [3.05, 3.63) is 77.5 Å². The summed E-state index contributed by atoms with van der Waals surface area (Å²) in [5, 5.41) is 15.7. The van der Waals surface area contributed by atoms with Gasteiger partial charge in [-0.1, -0.05) is 42.5 Å². The highest BCUT2D eigenvalue weighted by Crippen LogP contribution is 2.22. The zero-order chi connectivity index (χ0) is 17.6. The number of nitrogens with one attached hydrogen (secondary N) is 2. The average molecular weight is 329 g/mol. The van der Waals surface area contributed by atoms with Gasteiger partial charge in [0.15, 0.2) is 0 Å². The van der Waals surface area contributed by atoms with Crippen molar-refractivity contribution in [3.8, 4) is 6.07 Å². The van der Waals surface area contributed by atoms with Gasteiger partial charge in [-0.25, -0.2) is 4.98 Å². The first kappa shape index (κ1) is 16.5. The molecule has 0 radical (unpaired) electrons. The van der Waals surface area contributed by atoms with Crippen LogP contribution in [0.5, 0.6) is 0 Å². The molecule has 5 nitrogen and oxygen atoms in total. The minimum absolute atomic E-state index is 0.0854. The lowest BCUT2D eigenvalue weighted by Gasteiger charge is -2.16. The molecule has 0 aliphatic carbocycles. The van der Waals surface area contributed by atoms with Gasteiger partial charge >= 0.3 is 0 Å². The molecule has 0 amide bonds. The summed E-state index contributed by atoms with van der Waals surface area (Å²) in [6.07, 6.45) is 0. The Labute approximate surface area is 147 Å². The van der Waals surface area contributed by atoms with Crippen molar-refractivity contribution in [2.45, 2.75) is 19.9 Å². The molecule has 1 heterocycles. The minimum atomic E-state index is 0.0854. The molecule has 1 unspecified atom stereocenters. The van der Waals surface area contributed by atoms with Crippen molar-refractivity contribution < 1.29 is 0 Å². The van der Waals surface area contributed by atoms with Crippen molar-refractivity contribution in [2.75, 3.05) is 10.6 Å². The van der Waals surface area contributed by atoms with E-state index in [1.165, 1.54) is 0 Å². The molecule has 2 aromatic carbocycles. The number of rotatable bonds is 5. The summed E-state index contributed by atoms with van der Waals surface area (Å²) >= 11 is 0. The lowest BCUT2D eigenvalue weighted by molar-refractivity contribution is 0.858. The number of aromatic nitrogens is 2. The van der Waals surface area contributed by atoms with E-state index >= 15 is 0 Å². The fourth-order valence-electron chi connectivity index (χ4n) is 2.54. The van der Waals surface area contributed by atoms with Crippen LogP contribution in [0, 0.1) is 18.3 Å². The van der Waals surface area contributed by atoms with E-state index in [4.69, 9.17) is 0 Å². The Bertz CT molecular complexity index is 899. The third-order valence-electron chi connectivity index (χ3n) is 3.81. The van der Waals surface area contributed by atoms with E-state index in [2.05, 4.69) is 45.7 Å². The lowest BCUT2D eigenvalue weighted by atomic mass is 10.1. The van der Waals surface area contributed by atoms with Gasteiger partial charge < -0.3 is 10.6 Å². The molecule has 3 rings (SSSR count). The summed E-state index contributed by atoms with van der Waals surface area (Å²) in [5.74, 6) is 1.20. The van der Waals surface area contributed by atoms with E-state index in [-0.39, 0.29) is 6.04 Å². The van der Waals surface area contributed by atoms with Crippen molar-refractivity contribution in [2.24, 2.45) is 0 Å². The zero-order valence-corrected chi connectivity index (χ0v) is 14.2. The van der Waals surface area contributed by atoms with E-state index in [1.807, 2.05) is 49.4 Å². The summed E-state index contributed by atoms with van der Waals surface area (Å²) in [7, 11) is 0. The first-order chi connectivity index (χ1) is 12.2. The van der Waals surface area contributed by atoms with Crippen LogP contribution in [0.2, 0.25) is 0 Å². The maximum Gasteiger partial charge on any atom is 0.225 e. The molecule has 0 saturated heterocycles. The summed E-state index contributed by atoms with van der Waals surface area (Å²) < 4.78 is 0. The standard InChI is InChI=1S/C20H19N5/c1-14-12-19(24-18-11-7-6-10-17(18)13-21)25-20(22-14)23-15(2)16-8-4-3-5-9-16/h3-12,15H,1-2H3,(H2,22,23,24,25). The fraction of sp³-hybridized carbons (Fsp3) is 0.150. The van der Waals surface area contributed by atoms with Gasteiger partial charge in [0.2, 0.25) is 5.95 Å². The number of anilines is 3. The van der Waals surface area contributed by atoms with Crippen LogP contribution >= 0.6 is 0 Å². The molecule has 0 spiro atoms. The first-order valence-corrected chi connectivity index (χ1v) is 8.09. The predicted molar refractivity (Wildman–Crippen MR) is 99.7 cm³/mol. The van der Waals surface area contributed by atoms with Crippen LogP contribution in [-0.4, -0.2) is 9.97 Å². The average Bonchev–Trinajstić information content (AvgIpc) is 2.62. The van der Waals surface area contributed by atoms with Crippen LogP contribution in [0.4, 0.5) is 17.5 Å². The van der Waals surface area contributed by atoms with Gasteiger partial charge in [0.25, 0.3) is 0 Å². The fourth-order valence-corrected chi connectivity index (χ4v) is 2.54. The van der Waals surface area contributed by atoms with Crippen molar-refractivity contribution in [1.29, 1.82) is 5.26 Å². The van der Waals surface area contributed by atoms with Gasteiger partial charge in [-0.15, -0.1) is 0 Å². The summed E-state index contributed by atoms with van der Waals surface area (Å²) in [6.45, 7) is 3.99. The Morgan fingerprint density at radius 3 is 2.48 bits per heavy atom. The summed E-state index contributed by atoms with van der Waals surface area (Å²) in [6, 6.07) is 21.6. The van der Waals surface area contributed by atoms with E-state index < -0.39 is 0 Å². The monoisotopic (exact) mass is 329 g/mol. The Morgan fingerprint density at radius 2 is 1.72 bits per heavy atom. The molecular weight excluding hydrogens is 310 g/mol. The highest BCUT2D eigenvalue weighted by molar-refractivity contribution is 5.65. The van der Waals surface area contributed by atoms with Crippen LogP contribution in [0.3, 0.4) is 0 Å². The summed E-state index contributed by atoms with van der Waals surface area (Å²) in [4.78, 5) is 8.98. The largest absolute Gasteiger partial charge is 0.348 e. The molecule has 25 heavy (non-hydrogen) atoms. The molecule has 0 aliphatic heterocycles. The first-order valence-electron chi connectivity index (χ1n) is 8.09. The van der Waals surface area contributed by atoms with Crippen LogP contribution in [0.15, 0.2) is 60.7 Å². The van der Waals surface area contributed by atoms with Gasteiger partial charge in [-0.2, -0.15) is 10.2 Å². The lowest BCUT2D eigenvalue weighted by Crippen LogP contribution is -2.11. The highest BCUT2D eigenvalue weighted by Gasteiger charge is 2.09. The second-order valence-corrected chi connectivity index (χ2v) is 5.78. The Kier molecular flexibility index (Phi) is 4.91. The second kappa shape index (κ2) is 7.45. The smallest absolute Gasteiger partial charge is 0.225 e. The molecule has 5 heteroatoms. The van der Waals surface area contributed by atoms with Gasteiger partial charge in [0.1, 0.15) is 11.9 Å². The van der Waals surface area contributed by atoms with E-state index in [9.17, 15) is 5.26 Å². The molecule has 3 aromatic rings. The van der Waals surface area contributed by atoms with E-state index in [1.54, 1.807) is 6.07 Å². The van der Waals surface area contributed by atoms with Crippen LogP contribution < -0.4 is 10.6 Å². The third-order valence-corrected chi connectivity index (χ3v) is 3.81. The van der Waals surface area contributed by atoms with Gasteiger partial charge in [-0.3, -0.25) is 0 Å². The number of hydrogen-bond donors (Lipinski definition) is 2. The topological polar surface area (TPSA) is 73.6 Å². The van der Waals surface area contributed by atoms with Crippen LogP contribution in [0.25, 0.3) is 0 Å². The number of para-hydroxylation sites is 1. The Balaban J connectivity index is 1.82. The third kappa shape index (κ3) is 4.12. The van der Waals surface area contributed by atoms with Crippen molar-refractivity contribution >= 4 is 17.5 Å². The quantitative estimate of drug-likeness (QED) is 0.717. The molecule has 2 N–H and O–H groups in total. The zero-order valence-electron chi connectivity index (χ0n) is 14.2. The van der Waals surface area contributed by atoms with Crippen LogP contribution in [-0.2, 0) is 0 Å². The summed E-state index contributed by atoms with van der Waals surface area (Å²) in [5.41, 5.74) is 3.31. The molecule has 1 aromatic heterocycles. The maximum atomic E-state index is 9.22. The molecule has 0 fully saturated rings. The number of benzene rings is 2. The van der Waals surface area contributed by atoms with E-state index in [0.29, 0.717) is 17.3 Å². The maximum absolute atomic E-state index is 9.22. The SMILES string of the molecule is Cc1cc(Nc2ccccc2C#N)nc(NC(C)c2ccccc2)n1. The number of nitrogens with zero attached hydrogens (tertiary/aromatic N) is 3. The van der Waals surface area contributed by atoms with Gasteiger partial charge in [0.05, 0.1) is 17.3 Å². The molecule has 0 saturated carbocycles. The molecular formula is C20H19N5. The van der Waals surface area contributed by atoms with Gasteiger partial charge in [-0.05, 0) is 31.5 Å². The highest BCUT2D eigenvalue weighted by atomic mass is 15.2. The minimum Gasteiger partial charge on any atom is -0.348 e. The van der Waals surface area contributed by atoms with Crippen LogP contribution in [0.1, 0.15) is 29.8 Å². The normalized spacial score (nSPS) is 11.4. The van der Waals surface area contributed by atoms with E-state index in [0.717, 1.165) is 16.9 Å². The number of hydrogen-bond acceptors (Lipinski definition) is 5. The molecule has 1 atom stereocenters. The van der Waals surface area contributed by atoms with Crippen molar-refractivity contribution in [3.63, 3.8) is 0 Å². The Hall–Kier alpha value is -3.39.